The monoisotopic (exact) mass is 176 g/mol. The van der Waals surface area contributed by atoms with Gasteiger partial charge >= 0.3 is 0 Å². The van der Waals surface area contributed by atoms with Crippen molar-refractivity contribution in [3.63, 3.8) is 0 Å². The van der Waals surface area contributed by atoms with E-state index >= 15 is 0 Å². The normalized spacial score (nSPS) is 21.4. The molecule has 0 radical (unpaired) electrons. The van der Waals surface area contributed by atoms with E-state index in [1.165, 1.54) is 0 Å². The van der Waals surface area contributed by atoms with Gasteiger partial charge in [0.1, 0.15) is 0 Å². The Balaban J connectivity index is 2.29. The second-order valence-electron chi connectivity index (χ2n) is 3.19. The molecule has 0 bridgehead atoms. The van der Waals surface area contributed by atoms with E-state index in [4.69, 9.17) is 0 Å². The van der Waals surface area contributed by atoms with Crippen LogP contribution in [0.1, 0.15) is 6.42 Å². The highest BCUT2D eigenvalue weighted by Crippen LogP contribution is 2.12. The first kappa shape index (κ1) is 9.00. The summed E-state index contributed by atoms with van der Waals surface area (Å²) in [4.78, 5) is 2.06. The fourth-order valence-corrected chi connectivity index (χ4v) is 2.38. The molecule has 0 saturated carbocycles. The molecule has 1 saturated heterocycles. The Labute approximate surface area is 69.0 Å². The van der Waals surface area contributed by atoms with Crippen molar-refractivity contribution in [2.24, 2.45) is 4.36 Å². The van der Waals surface area contributed by atoms with Gasteiger partial charge in [0.05, 0.1) is 6.54 Å². The molecule has 0 aromatic heterocycles. The summed E-state index contributed by atoms with van der Waals surface area (Å²) in [5.41, 5.74) is 0. The molecule has 1 aliphatic rings. The van der Waals surface area contributed by atoms with Gasteiger partial charge in [-0.1, -0.05) is 0 Å². The van der Waals surface area contributed by atoms with E-state index < -0.39 is 9.73 Å². The fraction of sp³-hybridized carbons (Fsp3) is 1.00. The van der Waals surface area contributed by atoms with Crippen molar-refractivity contribution in [2.75, 3.05) is 38.7 Å². The van der Waals surface area contributed by atoms with Crippen molar-refractivity contribution in [1.82, 2.24) is 4.90 Å². The van der Waals surface area contributed by atoms with Crippen LogP contribution in [-0.2, 0) is 9.73 Å². The van der Waals surface area contributed by atoms with E-state index in [9.17, 15) is 4.21 Å². The first-order chi connectivity index (χ1) is 5.12. The second-order valence-corrected chi connectivity index (χ2v) is 5.81. The third kappa shape index (κ3) is 2.79. The van der Waals surface area contributed by atoms with Crippen molar-refractivity contribution in [3.8, 4) is 0 Å². The van der Waals surface area contributed by atoms with Crippen LogP contribution in [0.25, 0.3) is 0 Å². The maximum Gasteiger partial charge on any atom is 0.0611 e. The zero-order chi connectivity index (χ0) is 8.32. The molecule has 0 N–H and O–H groups in total. The van der Waals surface area contributed by atoms with Gasteiger partial charge in [-0.3, -0.25) is 0 Å². The number of likely N-dealkylation sites (N-methyl/N-ethyl adjacent to an activating group) is 1. The third-order valence-electron chi connectivity index (χ3n) is 1.80. The van der Waals surface area contributed by atoms with Crippen LogP contribution in [0.4, 0.5) is 0 Å². The van der Waals surface area contributed by atoms with E-state index in [0.717, 1.165) is 31.0 Å². The summed E-state index contributed by atoms with van der Waals surface area (Å²) in [5, 5.41) is 0. The largest absolute Gasteiger partial charge is 0.308 e. The van der Waals surface area contributed by atoms with Gasteiger partial charge in [-0.15, -0.1) is 0 Å². The SMILES string of the molecule is CN(C)CCN=S1(=O)CCC1. The van der Waals surface area contributed by atoms with Gasteiger partial charge in [0.15, 0.2) is 0 Å². The van der Waals surface area contributed by atoms with Crippen molar-refractivity contribution < 1.29 is 4.21 Å². The molecule has 0 spiro atoms. The van der Waals surface area contributed by atoms with Crippen molar-refractivity contribution in [2.45, 2.75) is 6.42 Å². The highest BCUT2D eigenvalue weighted by Gasteiger charge is 2.18. The minimum Gasteiger partial charge on any atom is -0.308 e. The lowest BCUT2D eigenvalue weighted by Crippen LogP contribution is -2.25. The summed E-state index contributed by atoms with van der Waals surface area (Å²) >= 11 is 0. The molecule has 0 aromatic rings. The molecule has 0 aliphatic carbocycles. The smallest absolute Gasteiger partial charge is 0.0611 e. The first-order valence-electron chi connectivity index (χ1n) is 3.95. The Hall–Kier alpha value is -0.0900. The molecule has 66 valence electrons. The Bertz CT molecular complexity index is 219. The van der Waals surface area contributed by atoms with E-state index in [1.807, 2.05) is 14.1 Å². The topological polar surface area (TPSA) is 32.7 Å². The molecule has 0 atom stereocenters. The maximum absolute atomic E-state index is 11.4. The Morgan fingerprint density at radius 2 is 2.09 bits per heavy atom. The van der Waals surface area contributed by atoms with Crippen molar-refractivity contribution in [3.05, 3.63) is 0 Å². The number of hydrogen-bond acceptors (Lipinski definition) is 3. The van der Waals surface area contributed by atoms with Crippen LogP contribution in [0.5, 0.6) is 0 Å². The van der Waals surface area contributed by atoms with Gasteiger partial charge in [0.2, 0.25) is 0 Å². The van der Waals surface area contributed by atoms with E-state index in [0.29, 0.717) is 0 Å². The van der Waals surface area contributed by atoms with Crippen LogP contribution in [0, 0.1) is 0 Å². The Morgan fingerprint density at radius 1 is 1.45 bits per heavy atom. The summed E-state index contributed by atoms with van der Waals surface area (Å²) < 4.78 is 15.6. The van der Waals surface area contributed by atoms with Crippen LogP contribution >= 0.6 is 0 Å². The number of rotatable bonds is 3. The zero-order valence-electron chi connectivity index (χ0n) is 7.25. The average molecular weight is 176 g/mol. The molecule has 4 heteroatoms. The van der Waals surface area contributed by atoms with Gasteiger partial charge in [0.25, 0.3) is 0 Å². The number of nitrogens with zero attached hydrogens (tertiary/aromatic N) is 2. The molecule has 11 heavy (non-hydrogen) atoms. The Morgan fingerprint density at radius 3 is 2.45 bits per heavy atom. The lowest BCUT2D eigenvalue weighted by molar-refractivity contribution is 0.421. The van der Waals surface area contributed by atoms with Gasteiger partial charge in [-0.2, -0.15) is 0 Å². The molecule has 1 fully saturated rings. The molecule has 1 heterocycles. The summed E-state index contributed by atoms with van der Waals surface area (Å²) in [6.45, 7) is 1.64. The van der Waals surface area contributed by atoms with Crippen molar-refractivity contribution in [1.29, 1.82) is 0 Å². The number of hydrogen-bond donors (Lipinski definition) is 0. The molecule has 0 amide bonds. The van der Waals surface area contributed by atoms with Gasteiger partial charge in [-0.25, -0.2) is 8.57 Å². The van der Waals surface area contributed by atoms with E-state index in [2.05, 4.69) is 9.26 Å². The predicted octanol–water partition coefficient (Wildman–Crippen LogP) is 0.420. The zero-order valence-corrected chi connectivity index (χ0v) is 8.06. The molecular formula is C7H16N2OS. The molecule has 1 aliphatic heterocycles. The third-order valence-corrected chi connectivity index (χ3v) is 4.31. The molecule has 0 unspecified atom stereocenters. The minimum atomic E-state index is -1.69. The summed E-state index contributed by atoms with van der Waals surface area (Å²) in [7, 11) is 2.32. The van der Waals surface area contributed by atoms with Crippen LogP contribution in [0.2, 0.25) is 0 Å². The summed E-state index contributed by atoms with van der Waals surface area (Å²) in [6, 6.07) is 0. The van der Waals surface area contributed by atoms with Gasteiger partial charge < -0.3 is 4.90 Å². The van der Waals surface area contributed by atoms with Crippen LogP contribution in [-0.4, -0.2) is 47.8 Å². The second kappa shape index (κ2) is 3.54. The van der Waals surface area contributed by atoms with Gasteiger partial charge in [-0.05, 0) is 20.5 Å². The fourth-order valence-electron chi connectivity index (χ4n) is 0.928. The van der Waals surface area contributed by atoms with E-state index in [1.54, 1.807) is 0 Å². The predicted molar refractivity (Wildman–Crippen MR) is 48.3 cm³/mol. The van der Waals surface area contributed by atoms with Crippen LogP contribution < -0.4 is 0 Å². The lowest BCUT2D eigenvalue weighted by atomic mass is 10.5. The van der Waals surface area contributed by atoms with Crippen LogP contribution in [0.15, 0.2) is 4.36 Å². The van der Waals surface area contributed by atoms with E-state index in [-0.39, 0.29) is 0 Å². The first-order valence-corrected chi connectivity index (χ1v) is 5.81. The standard InChI is InChI=1S/C7H16N2OS/c1-9(2)5-4-8-11(10)6-3-7-11/h3-7H2,1-2H3. The lowest BCUT2D eigenvalue weighted by Gasteiger charge is -2.18. The minimum absolute atomic E-state index is 0.728. The molecule has 1 rings (SSSR count). The molecule has 3 nitrogen and oxygen atoms in total. The maximum atomic E-state index is 11.4. The molecule has 0 aromatic carbocycles. The summed E-state index contributed by atoms with van der Waals surface area (Å²) in [6.07, 6.45) is 1.10. The highest BCUT2D eigenvalue weighted by molar-refractivity contribution is 7.94. The van der Waals surface area contributed by atoms with Gasteiger partial charge in [0, 0.05) is 27.8 Å². The highest BCUT2D eigenvalue weighted by atomic mass is 32.2. The average Bonchev–Trinajstić information content (AvgIpc) is 1.83. The van der Waals surface area contributed by atoms with Crippen molar-refractivity contribution >= 4 is 9.73 Å². The quantitative estimate of drug-likeness (QED) is 0.624. The Kier molecular flexibility index (Phi) is 2.90. The molecular weight excluding hydrogens is 160 g/mol. The van der Waals surface area contributed by atoms with Crippen LogP contribution in [0.3, 0.4) is 0 Å². The summed E-state index contributed by atoms with van der Waals surface area (Å²) in [5.74, 6) is 1.67.